The number of aliphatic imine (C=N–C) groups is 1. The molecule has 154 valence electrons. The van der Waals surface area contributed by atoms with Gasteiger partial charge in [0.1, 0.15) is 17.7 Å². The minimum atomic E-state index is -0.312. The second-order valence-electron chi connectivity index (χ2n) is 6.70. The first-order chi connectivity index (χ1) is 13.5. The quantitative estimate of drug-likeness (QED) is 0.478. The van der Waals surface area contributed by atoms with Gasteiger partial charge in [0.05, 0.1) is 6.54 Å². The summed E-state index contributed by atoms with van der Waals surface area (Å²) in [4.78, 5) is 8.94. The molecule has 28 heavy (non-hydrogen) atoms. The third-order valence-corrected chi connectivity index (χ3v) is 3.98. The van der Waals surface area contributed by atoms with Crippen molar-refractivity contribution in [2.45, 2.75) is 52.6 Å². The van der Waals surface area contributed by atoms with Gasteiger partial charge in [0.2, 0.25) is 5.89 Å². The third-order valence-electron chi connectivity index (χ3n) is 3.98. The monoisotopic (exact) mass is 391 g/mol. The molecule has 2 rings (SSSR count). The molecule has 0 bridgehead atoms. The lowest BCUT2D eigenvalue weighted by atomic mass is 10.2. The number of halogens is 1. The molecule has 1 atom stereocenters. The SMILES string of the molecule is CCNC(=NCC(CC)Oc1cccc(F)c1)NCCc1nc(C(C)C)no1. The van der Waals surface area contributed by atoms with Gasteiger partial charge in [-0.2, -0.15) is 4.98 Å². The van der Waals surface area contributed by atoms with Crippen LogP contribution in [0.2, 0.25) is 0 Å². The van der Waals surface area contributed by atoms with Crippen LogP contribution < -0.4 is 15.4 Å². The Labute approximate surface area is 165 Å². The van der Waals surface area contributed by atoms with E-state index in [0.717, 1.165) is 18.8 Å². The zero-order valence-corrected chi connectivity index (χ0v) is 17.0. The van der Waals surface area contributed by atoms with Crippen LogP contribution in [-0.2, 0) is 6.42 Å². The summed E-state index contributed by atoms with van der Waals surface area (Å²) >= 11 is 0. The fraction of sp³-hybridized carbons (Fsp3) is 0.550. The topological polar surface area (TPSA) is 84.6 Å². The molecule has 0 aliphatic rings. The van der Waals surface area contributed by atoms with Gasteiger partial charge in [-0.25, -0.2) is 9.38 Å². The van der Waals surface area contributed by atoms with Crippen LogP contribution in [0.4, 0.5) is 4.39 Å². The van der Waals surface area contributed by atoms with Crippen LogP contribution in [0, 0.1) is 5.82 Å². The predicted molar refractivity (Wildman–Crippen MR) is 107 cm³/mol. The van der Waals surface area contributed by atoms with Gasteiger partial charge in [0, 0.05) is 31.5 Å². The van der Waals surface area contributed by atoms with Crippen molar-refractivity contribution < 1.29 is 13.7 Å². The summed E-state index contributed by atoms with van der Waals surface area (Å²) in [5, 5.41) is 10.4. The molecule has 1 heterocycles. The minimum absolute atomic E-state index is 0.137. The standard InChI is InChI=1S/C20H30FN5O2/c1-5-16(27-17-9-7-8-15(21)12-17)13-24-20(22-6-2)23-11-10-18-25-19(14(3)4)26-28-18/h7-9,12,14,16H,5-6,10-11,13H2,1-4H3,(H2,22,23,24). The number of guanidine groups is 1. The van der Waals surface area contributed by atoms with E-state index >= 15 is 0 Å². The highest BCUT2D eigenvalue weighted by molar-refractivity contribution is 5.79. The number of rotatable bonds is 10. The first-order valence-electron chi connectivity index (χ1n) is 9.78. The number of hydrogen-bond donors (Lipinski definition) is 2. The molecular formula is C20H30FN5O2. The molecule has 1 aromatic heterocycles. The first-order valence-corrected chi connectivity index (χ1v) is 9.78. The van der Waals surface area contributed by atoms with Gasteiger partial charge in [-0.15, -0.1) is 0 Å². The Hall–Kier alpha value is -2.64. The molecule has 0 saturated carbocycles. The van der Waals surface area contributed by atoms with E-state index in [2.05, 4.69) is 25.8 Å². The maximum Gasteiger partial charge on any atom is 0.228 e. The molecule has 0 aliphatic carbocycles. The highest BCUT2D eigenvalue weighted by atomic mass is 19.1. The molecule has 0 amide bonds. The van der Waals surface area contributed by atoms with E-state index < -0.39 is 0 Å². The van der Waals surface area contributed by atoms with Crippen LogP contribution in [0.1, 0.15) is 51.7 Å². The average molecular weight is 391 g/mol. The molecule has 8 heteroatoms. The van der Waals surface area contributed by atoms with E-state index in [4.69, 9.17) is 9.26 Å². The second kappa shape index (κ2) is 11.3. The lowest BCUT2D eigenvalue weighted by Gasteiger charge is -2.17. The summed E-state index contributed by atoms with van der Waals surface area (Å²) in [5.74, 6) is 2.45. The van der Waals surface area contributed by atoms with Crippen LogP contribution in [0.25, 0.3) is 0 Å². The van der Waals surface area contributed by atoms with Crippen LogP contribution in [0.5, 0.6) is 5.75 Å². The molecule has 0 spiro atoms. The summed E-state index contributed by atoms with van der Waals surface area (Å²) in [7, 11) is 0. The maximum atomic E-state index is 13.3. The Morgan fingerprint density at radius 2 is 2.11 bits per heavy atom. The smallest absolute Gasteiger partial charge is 0.228 e. The van der Waals surface area contributed by atoms with Crippen LogP contribution >= 0.6 is 0 Å². The average Bonchev–Trinajstić information content (AvgIpc) is 3.14. The summed E-state index contributed by atoms with van der Waals surface area (Å²) in [6, 6.07) is 6.15. The molecule has 7 nitrogen and oxygen atoms in total. The molecule has 2 N–H and O–H groups in total. The Morgan fingerprint density at radius 1 is 1.29 bits per heavy atom. The van der Waals surface area contributed by atoms with Crippen molar-refractivity contribution in [2.24, 2.45) is 4.99 Å². The van der Waals surface area contributed by atoms with Crippen molar-refractivity contribution in [3.05, 3.63) is 41.8 Å². The van der Waals surface area contributed by atoms with E-state index in [9.17, 15) is 4.39 Å². The van der Waals surface area contributed by atoms with E-state index in [1.54, 1.807) is 12.1 Å². The Morgan fingerprint density at radius 3 is 2.75 bits per heavy atom. The van der Waals surface area contributed by atoms with E-state index in [-0.39, 0.29) is 17.8 Å². The molecule has 0 radical (unpaired) electrons. The lowest BCUT2D eigenvalue weighted by Crippen LogP contribution is -2.39. The van der Waals surface area contributed by atoms with Crippen LogP contribution in [-0.4, -0.2) is 41.8 Å². The van der Waals surface area contributed by atoms with Gasteiger partial charge in [-0.3, -0.25) is 0 Å². The largest absolute Gasteiger partial charge is 0.488 e. The third kappa shape index (κ3) is 7.17. The number of hydrogen-bond acceptors (Lipinski definition) is 5. The number of ether oxygens (including phenoxy) is 1. The van der Waals surface area contributed by atoms with Crippen molar-refractivity contribution in [1.29, 1.82) is 0 Å². The van der Waals surface area contributed by atoms with E-state index in [1.165, 1.54) is 12.1 Å². The van der Waals surface area contributed by atoms with Crippen molar-refractivity contribution >= 4 is 5.96 Å². The second-order valence-corrected chi connectivity index (χ2v) is 6.70. The van der Waals surface area contributed by atoms with Crippen LogP contribution in [0.15, 0.2) is 33.8 Å². The fourth-order valence-electron chi connectivity index (χ4n) is 2.41. The molecule has 1 unspecified atom stereocenters. The molecule has 0 aliphatic heterocycles. The summed E-state index contributed by atoms with van der Waals surface area (Å²) < 4.78 is 24.4. The van der Waals surface area contributed by atoms with Gasteiger partial charge < -0.3 is 19.9 Å². The summed E-state index contributed by atoms with van der Waals surface area (Å²) in [6.07, 6.45) is 1.24. The number of nitrogens with zero attached hydrogens (tertiary/aromatic N) is 3. The van der Waals surface area contributed by atoms with Gasteiger partial charge in [-0.1, -0.05) is 32.0 Å². The van der Waals surface area contributed by atoms with Gasteiger partial charge in [0.25, 0.3) is 0 Å². The highest BCUT2D eigenvalue weighted by Crippen LogP contribution is 2.15. The van der Waals surface area contributed by atoms with Crippen molar-refractivity contribution in [2.75, 3.05) is 19.6 Å². The van der Waals surface area contributed by atoms with Gasteiger partial charge in [0.15, 0.2) is 11.8 Å². The molecule has 0 saturated heterocycles. The van der Waals surface area contributed by atoms with Crippen molar-refractivity contribution in [3.8, 4) is 5.75 Å². The molecule has 1 aromatic carbocycles. The maximum absolute atomic E-state index is 13.3. The predicted octanol–water partition coefficient (Wildman–Crippen LogP) is 3.29. The Balaban J connectivity index is 1.86. The molecule has 2 aromatic rings. The molecule has 0 fully saturated rings. The van der Waals surface area contributed by atoms with Crippen LogP contribution in [0.3, 0.4) is 0 Å². The normalized spacial score (nSPS) is 12.9. The first kappa shape index (κ1) is 21.7. The number of benzene rings is 1. The summed E-state index contributed by atoms with van der Waals surface area (Å²) in [5.41, 5.74) is 0. The van der Waals surface area contributed by atoms with Crippen molar-refractivity contribution in [1.82, 2.24) is 20.8 Å². The zero-order chi connectivity index (χ0) is 20.4. The van der Waals surface area contributed by atoms with Gasteiger partial charge in [-0.05, 0) is 25.5 Å². The number of nitrogens with one attached hydrogen (secondary N) is 2. The lowest BCUT2D eigenvalue weighted by molar-refractivity contribution is 0.205. The Bertz CT molecular complexity index is 748. The van der Waals surface area contributed by atoms with E-state index in [1.807, 2.05) is 27.7 Å². The summed E-state index contributed by atoms with van der Waals surface area (Å²) in [6.45, 7) is 9.89. The Kier molecular flexibility index (Phi) is 8.71. The molecular weight excluding hydrogens is 361 g/mol. The fourth-order valence-corrected chi connectivity index (χ4v) is 2.41. The minimum Gasteiger partial charge on any atom is -0.488 e. The number of aromatic nitrogens is 2. The highest BCUT2D eigenvalue weighted by Gasteiger charge is 2.11. The van der Waals surface area contributed by atoms with Gasteiger partial charge >= 0.3 is 0 Å². The zero-order valence-electron chi connectivity index (χ0n) is 17.0. The van der Waals surface area contributed by atoms with E-state index in [0.29, 0.717) is 37.1 Å². The van der Waals surface area contributed by atoms with Crippen molar-refractivity contribution in [3.63, 3.8) is 0 Å².